The Labute approximate surface area is 151 Å². The van der Waals surface area contributed by atoms with Crippen LogP contribution in [0.4, 0.5) is 0 Å². The lowest BCUT2D eigenvalue weighted by molar-refractivity contribution is 0.0158. The standard InChI is InChI=1S/C21H32N2O2/c1-4-25-20-10-8-16(9-11-20)21(24)22-17-12-18-6-5-7-19(13-17)23(18)14-15(2)3/h8-11,15,17-19H,4-7,12-14H2,1-3H3,(H,22,24)/t17?,18-,19+. The van der Waals surface area contributed by atoms with Gasteiger partial charge in [-0.05, 0) is 62.8 Å². The van der Waals surface area contributed by atoms with Gasteiger partial charge in [-0.25, -0.2) is 0 Å². The molecule has 1 unspecified atom stereocenters. The van der Waals surface area contributed by atoms with E-state index < -0.39 is 0 Å². The highest BCUT2D eigenvalue weighted by molar-refractivity contribution is 5.94. The molecule has 2 fully saturated rings. The second kappa shape index (κ2) is 8.22. The monoisotopic (exact) mass is 344 g/mol. The maximum atomic E-state index is 12.6. The van der Waals surface area contributed by atoms with Crippen LogP contribution in [0.15, 0.2) is 24.3 Å². The van der Waals surface area contributed by atoms with Crippen LogP contribution in [0.2, 0.25) is 0 Å². The Morgan fingerprint density at radius 3 is 2.40 bits per heavy atom. The van der Waals surface area contributed by atoms with Crippen molar-refractivity contribution in [2.24, 2.45) is 5.92 Å². The molecular weight excluding hydrogens is 312 g/mol. The van der Waals surface area contributed by atoms with E-state index in [0.717, 1.165) is 24.2 Å². The highest BCUT2D eigenvalue weighted by Crippen LogP contribution is 2.34. The molecule has 138 valence electrons. The van der Waals surface area contributed by atoms with E-state index in [4.69, 9.17) is 4.74 Å². The third-order valence-electron chi connectivity index (χ3n) is 5.46. The first-order valence-corrected chi connectivity index (χ1v) is 9.86. The van der Waals surface area contributed by atoms with Gasteiger partial charge in [0.2, 0.25) is 0 Å². The van der Waals surface area contributed by atoms with E-state index in [1.807, 2.05) is 31.2 Å². The number of amides is 1. The van der Waals surface area contributed by atoms with Crippen molar-refractivity contribution in [3.8, 4) is 5.75 Å². The molecule has 1 N–H and O–H groups in total. The molecule has 4 heteroatoms. The molecule has 3 atom stereocenters. The minimum Gasteiger partial charge on any atom is -0.494 e. The van der Waals surface area contributed by atoms with Crippen LogP contribution in [-0.2, 0) is 0 Å². The van der Waals surface area contributed by atoms with E-state index >= 15 is 0 Å². The molecule has 3 rings (SSSR count). The lowest BCUT2D eigenvalue weighted by atomic mass is 9.81. The van der Waals surface area contributed by atoms with E-state index in [-0.39, 0.29) is 5.91 Å². The molecule has 0 aliphatic carbocycles. The summed E-state index contributed by atoms with van der Waals surface area (Å²) in [5.74, 6) is 1.57. The molecule has 2 heterocycles. The normalized spacial score (nSPS) is 26.5. The maximum absolute atomic E-state index is 12.6. The van der Waals surface area contributed by atoms with Crippen LogP contribution in [0.3, 0.4) is 0 Å². The van der Waals surface area contributed by atoms with Crippen LogP contribution in [0, 0.1) is 5.92 Å². The first-order valence-electron chi connectivity index (χ1n) is 9.86. The summed E-state index contributed by atoms with van der Waals surface area (Å²) < 4.78 is 5.45. The van der Waals surface area contributed by atoms with Crippen molar-refractivity contribution in [3.63, 3.8) is 0 Å². The number of piperidine rings is 2. The first kappa shape index (κ1) is 18.2. The Bertz CT molecular complexity index is 556. The summed E-state index contributed by atoms with van der Waals surface area (Å²) in [4.78, 5) is 15.3. The number of hydrogen-bond donors (Lipinski definition) is 1. The summed E-state index contributed by atoms with van der Waals surface area (Å²) in [7, 11) is 0. The molecule has 2 saturated heterocycles. The maximum Gasteiger partial charge on any atom is 0.251 e. The van der Waals surface area contributed by atoms with Gasteiger partial charge in [-0.1, -0.05) is 20.3 Å². The number of fused-ring (bicyclic) bond motifs is 2. The molecule has 0 aromatic heterocycles. The molecular formula is C21H32N2O2. The quantitative estimate of drug-likeness (QED) is 0.852. The summed E-state index contributed by atoms with van der Waals surface area (Å²) in [5, 5.41) is 3.28. The summed E-state index contributed by atoms with van der Waals surface area (Å²) in [6, 6.07) is 9.04. The molecule has 1 aromatic carbocycles. The Kier molecular flexibility index (Phi) is 6.00. The number of benzene rings is 1. The van der Waals surface area contributed by atoms with Crippen LogP contribution in [0.1, 0.15) is 63.2 Å². The molecule has 2 aliphatic heterocycles. The second-order valence-corrected chi connectivity index (χ2v) is 7.93. The van der Waals surface area contributed by atoms with E-state index in [9.17, 15) is 4.79 Å². The number of nitrogens with one attached hydrogen (secondary N) is 1. The fraction of sp³-hybridized carbons (Fsp3) is 0.667. The largest absolute Gasteiger partial charge is 0.494 e. The van der Waals surface area contributed by atoms with Crippen molar-refractivity contribution >= 4 is 5.91 Å². The average molecular weight is 344 g/mol. The van der Waals surface area contributed by atoms with Gasteiger partial charge < -0.3 is 10.1 Å². The van der Waals surface area contributed by atoms with Crippen molar-refractivity contribution in [1.29, 1.82) is 0 Å². The number of nitrogens with zero attached hydrogens (tertiary/aromatic N) is 1. The lowest BCUT2D eigenvalue weighted by Gasteiger charge is -2.49. The average Bonchev–Trinajstić information content (AvgIpc) is 2.56. The van der Waals surface area contributed by atoms with Gasteiger partial charge in [-0.15, -0.1) is 0 Å². The van der Waals surface area contributed by atoms with Crippen LogP contribution in [-0.4, -0.2) is 42.1 Å². The van der Waals surface area contributed by atoms with E-state index in [0.29, 0.717) is 30.7 Å². The van der Waals surface area contributed by atoms with Gasteiger partial charge in [-0.2, -0.15) is 0 Å². The molecule has 1 amide bonds. The highest BCUT2D eigenvalue weighted by Gasteiger charge is 2.38. The van der Waals surface area contributed by atoms with E-state index in [2.05, 4.69) is 24.1 Å². The van der Waals surface area contributed by atoms with Gasteiger partial charge in [0.1, 0.15) is 5.75 Å². The number of hydrogen-bond acceptors (Lipinski definition) is 3. The number of rotatable bonds is 6. The second-order valence-electron chi connectivity index (χ2n) is 7.93. The zero-order valence-corrected chi connectivity index (χ0v) is 15.8. The summed E-state index contributed by atoms with van der Waals surface area (Å²) >= 11 is 0. The lowest BCUT2D eigenvalue weighted by Crippen LogP contribution is -2.57. The SMILES string of the molecule is CCOc1ccc(C(=O)NC2C[C@H]3CCC[C@@H](C2)N3CC(C)C)cc1. The van der Waals surface area contributed by atoms with Crippen LogP contribution >= 0.6 is 0 Å². The predicted octanol–water partition coefficient (Wildman–Crippen LogP) is 3.86. The minimum atomic E-state index is 0.0448. The Morgan fingerprint density at radius 2 is 1.84 bits per heavy atom. The van der Waals surface area contributed by atoms with Crippen molar-refractivity contribution < 1.29 is 9.53 Å². The molecule has 4 nitrogen and oxygen atoms in total. The van der Waals surface area contributed by atoms with Crippen molar-refractivity contribution in [3.05, 3.63) is 29.8 Å². The van der Waals surface area contributed by atoms with Gasteiger partial charge in [0.05, 0.1) is 6.61 Å². The van der Waals surface area contributed by atoms with Crippen molar-refractivity contribution in [2.75, 3.05) is 13.2 Å². The molecule has 2 bridgehead atoms. The van der Waals surface area contributed by atoms with Crippen LogP contribution in [0.25, 0.3) is 0 Å². The summed E-state index contributed by atoms with van der Waals surface area (Å²) in [6.07, 6.45) is 6.07. The fourth-order valence-electron chi connectivity index (χ4n) is 4.45. The zero-order valence-electron chi connectivity index (χ0n) is 15.8. The highest BCUT2D eigenvalue weighted by atomic mass is 16.5. The van der Waals surface area contributed by atoms with E-state index in [1.165, 1.54) is 25.8 Å². The third-order valence-corrected chi connectivity index (χ3v) is 5.46. The van der Waals surface area contributed by atoms with Crippen molar-refractivity contribution in [1.82, 2.24) is 10.2 Å². The van der Waals surface area contributed by atoms with Gasteiger partial charge in [0.25, 0.3) is 5.91 Å². The molecule has 1 aromatic rings. The number of carbonyl (C=O) groups is 1. The smallest absolute Gasteiger partial charge is 0.251 e. The van der Waals surface area contributed by atoms with Gasteiger partial charge in [-0.3, -0.25) is 9.69 Å². The first-order chi connectivity index (χ1) is 12.1. The summed E-state index contributed by atoms with van der Waals surface area (Å²) in [5.41, 5.74) is 0.721. The number of ether oxygens (including phenoxy) is 1. The Balaban J connectivity index is 1.59. The topological polar surface area (TPSA) is 41.6 Å². The molecule has 0 radical (unpaired) electrons. The van der Waals surface area contributed by atoms with Crippen LogP contribution in [0.5, 0.6) is 5.75 Å². The van der Waals surface area contributed by atoms with E-state index in [1.54, 1.807) is 0 Å². The predicted molar refractivity (Wildman–Crippen MR) is 101 cm³/mol. The molecule has 2 aliphatic rings. The molecule has 25 heavy (non-hydrogen) atoms. The van der Waals surface area contributed by atoms with Crippen molar-refractivity contribution in [2.45, 2.75) is 71.0 Å². The Morgan fingerprint density at radius 1 is 1.20 bits per heavy atom. The Hall–Kier alpha value is -1.55. The number of carbonyl (C=O) groups excluding carboxylic acids is 1. The summed E-state index contributed by atoms with van der Waals surface area (Å²) in [6.45, 7) is 8.40. The van der Waals surface area contributed by atoms with Gasteiger partial charge in [0, 0.05) is 30.2 Å². The molecule has 0 spiro atoms. The third kappa shape index (κ3) is 4.55. The fourth-order valence-corrected chi connectivity index (χ4v) is 4.45. The zero-order chi connectivity index (χ0) is 17.8. The van der Waals surface area contributed by atoms with Gasteiger partial charge >= 0.3 is 0 Å². The minimum absolute atomic E-state index is 0.0448. The van der Waals surface area contributed by atoms with Crippen LogP contribution < -0.4 is 10.1 Å². The molecule has 0 saturated carbocycles. The van der Waals surface area contributed by atoms with Gasteiger partial charge in [0.15, 0.2) is 0 Å².